The van der Waals surface area contributed by atoms with E-state index < -0.39 is 35.3 Å². The molecule has 1 saturated heterocycles. The Kier molecular flexibility index (Phi) is 5.95. The Labute approximate surface area is 130 Å². The summed E-state index contributed by atoms with van der Waals surface area (Å²) >= 11 is 0. The second-order valence-electron chi connectivity index (χ2n) is 7.49. The van der Waals surface area contributed by atoms with E-state index in [4.69, 9.17) is 19.5 Å². The van der Waals surface area contributed by atoms with Crippen molar-refractivity contribution in [3.8, 4) is 0 Å². The third kappa shape index (κ3) is 5.23. The average Bonchev–Trinajstić information content (AvgIpc) is 2.76. The molecule has 1 rings (SSSR count). The predicted molar refractivity (Wildman–Crippen MR) is 76.7 cm³/mol. The maximum atomic E-state index is 12.0. The van der Waals surface area contributed by atoms with Crippen molar-refractivity contribution >= 4 is 11.9 Å². The van der Waals surface area contributed by atoms with Crippen LogP contribution < -0.4 is 0 Å². The Morgan fingerprint density at radius 1 is 1.09 bits per heavy atom. The summed E-state index contributed by atoms with van der Waals surface area (Å²) in [5, 5.41) is 8.73. The van der Waals surface area contributed by atoms with E-state index in [0.717, 1.165) is 0 Å². The molecule has 22 heavy (non-hydrogen) atoms. The molecular weight excluding hydrogens is 292 g/mol. The second-order valence-corrected chi connectivity index (χ2v) is 7.49. The van der Waals surface area contributed by atoms with Gasteiger partial charge in [0.2, 0.25) is 0 Å². The average molecular weight is 318 g/mol. The molecule has 1 aliphatic heterocycles. The SMILES string of the molecule is CC(C)(C)C(=O)OC[C@H]1O[C@H](OO)C[C@@H]1OC(=O)C(C)(C)C. The fourth-order valence-corrected chi connectivity index (χ4v) is 1.71. The predicted octanol–water partition coefficient (Wildman–Crippen LogP) is 2.14. The van der Waals surface area contributed by atoms with Crippen LogP contribution in [0.25, 0.3) is 0 Å². The van der Waals surface area contributed by atoms with E-state index in [-0.39, 0.29) is 19.0 Å². The van der Waals surface area contributed by atoms with Crippen molar-refractivity contribution in [2.45, 2.75) is 66.5 Å². The summed E-state index contributed by atoms with van der Waals surface area (Å²) in [6, 6.07) is 0. The van der Waals surface area contributed by atoms with Crippen LogP contribution in [0.4, 0.5) is 0 Å². The first kappa shape index (κ1) is 18.9. The van der Waals surface area contributed by atoms with E-state index in [1.807, 2.05) is 0 Å². The Balaban J connectivity index is 2.65. The van der Waals surface area contributed by atoms with Gasteiger partial charge in [0.1, 0.15) is 18.8 Å². The lowest BCUT2D eigenvalue weighted by molar-refractivity contribution is -0.340. The zero-order chi connectivity index (χ0) is 17.1. The summed E-state index contributed by atoms with van der Waals surface area (Å²) in [6.07, 6.45) is -2.04. The van der Waals surface area contributed by atoms with Gasteiger partial charge >= 0.3 is 11.9 Å². The summed E-state index contributed by atoms with van der Waals surface area (Å²) in [6.45, 7) is 10.3. The highest BCUT2D eigenvalue weighted by Crippen LogP contribution is 2.27. The van der Waals surface area contributed by atoms with E-state index in [2.05, 4.69) is 4.89 Å². The van der Waals surface area contributed by atoms with Crippen LogP contribution in [-0.2, 0) is 28.7 Å². The molecule has 0 aromatic heterocycles. The number of rotatable bonds is 4. The molecule has 1 fully saturated rings. The van der Waals surface area contributed by atoms with Crippen molar-refractivity contribution < 1.29 is 33.9 Å². The Hall–Kier alpha value is -1.18. The minimum absolute atomic E-state index is 0.0714. The molecule has 0 spiro atoms. The number of hydrogen-bond donors (Lipinski definition) is 1. The van der Waals surface area contributed by atoms with Crippen LogP contribution in [0, 0.1) is 10.8 Å². The number of esters is 2. The maximum Gasteiger partial charge on any atom is 0.311 e. The van der Waals surface area contributed by atoms with Crippen LogP contribution in [0.1, 0.15) is 48.0 Å². The van der Waals surface area contributed by atoms with Crippen LogP contribution in [0.5, 0.6) is 0 Å². The highest BCUT2D eigenvalue weighted by atomic mass is 17.1. The molecule has 3 atom stereocenters. The van der Waals surface area contributed by atoms with Crippen LogP contribution in [-0.4, -0.2) is 42.3 Å². The summed E-state index contributed by atoms with van der Waals surface area (Å²) in [5.41, 5.74) is -1.30. The standard InChI is InChI=1S/C15H26O7/c1-14(2,3)12(16)19-8-10-9(7-11(20-10)22-18)21-13(17)15(4,5)6/h9-11,18H,7-8H2,1-6H3/t9-,10+,11+/m0/s1. The summed E-state index contributed by atoms with van der Waals surface area (Å²) in [5.74, 6) is -0.780. The van der Waals surface area contributed by atoms with Crippen LogP contribution in [0.3, 0.4) is 0 Å². The van der Waals surface area contributed by atoms with Crippen molar-refractivity contribution in [3.63, 3.8) is 0 Å². The van der Waals surface area contributed by atoms with Crippen LogP contribution >= 0.6 is 0 Å². The largest absolute Gasteiger partial charge is 0.462 e. The van der Waals surface area contributed by atoms with Gasteiger partial charge in [-0.15, -0.1) is 0 Å². The first-order valence-corrected chi connectivity index (χ1v) is 7.29. The topological polar surface area (TPSA) is 91.3 Å². The Morgan fingerprint density at radius 2 is 1.64 bits per heavy atom. The van der Waals surface area contributed by atoms with Gasteiger partial charge in [0.25, 0.3) is 0 Å². The molecule has 0 amide bonds. The van der Waals surface area contributed by atoms with Gasteiger partial charge in [-0.3, -0.25) is 9.59 Å². The summed E-state index contributed by atoms with van der Waals surface area (Å²) in [4.78, 5) is 27.9. The first-order valence-electron chi connectivity index (χ1n) is 7.29. The van der Waals surface area contributed by atoms with Crippen LogP contribution in [0.2, 0.25) is 0 Å². The fraction of sp³-hybridized carbons (Fsp3) is 0.867. The number of ether oxygens (including phenoxy) is 3. The molecule has 0 unspecified atom stereocenters. The van der Waals surface area contributed by atoms with Gasteiger partial charge in [0.05, 0.1) is 10.8 Å². The molecule has 128 valence electrons. The highest BCUT2D eigenvalue weighted by Gasteiger charge is 2.41. The summed E-state index contributed by atoms with van der Waals surface area (Å²) in [7, 11) is 0. The van der Waals surface area contributed by atoms with Crippen LogP contribution in [0.15, 0.2) is 0 Å². The van der Waals surface area contributed by atoms with Crippen molar-refractivity contribution in [2.24, 2.45) is 10.8 Å². The second kappa shape index (κ2) is 6.93. The minimum atomic E-state index is -0.906. The lowest BCUT2D eigenvalue weighted by atomic mass is 9.97. The van der Waals surface area contributed by atoms with Gasteiger partial charge in [0.15, 0.2) is 6.29 Å². The molecule has 1 heterocycles. The van der Waals surface area contributed by atoms with Gasteiger partial charge in [0, 0.05) is 6.42 Å². The van der Waals surface area contributed by atoms with E-state index in [1.54, 1.807) is 41.5 Å². The van der Waals surface area contributed by atoms with Gasteiger partial charge in [-0.25, -0.2) is 10.1 Å². The zero-order valence-electron chi connectivity index (χ0n) is 14.0. The molecule has 0 aromatic carbocycles. The monoisotopic (exact) mass is 318 g/mol. The lowest BCUT2D eigenvalue weighted by Gasteiger charge is -2.24. The van der Waals surface area contributed by atoms with Gasteiger partial charge in [-0.05, 0) is 41.5 Å². The van der Waals surface area contributed by atoms with Crippen molar-refractivity contribution in [2.75, 3.05) is 6.61 Å². The normalized spacial score (nSPS) is 25.9. The van der Waals surface area contributed by atoms with E-state index in [0.29, 0.717) is 0 Å². The molecule has 0 aliphatic carbocycles. The number of carbonyl (C=O) groups is 2. The number of carbonyl (C=O) groups excluding carboxylic acids is 2. The Morgan fingerprint density at radius 3 is 2.09 bits per heavy atom. The Bertz CT molecular complexity index is 405. The van der Waals surface area contributed by atoms with Crippen molar-refractivity contribution in [1.82, 2.24) is 0 Å². The smallest absolute Gasteiger partial charge is 0.311 e. The molecule has 0 saturated carbocycles. The van der Waals surface area contributed by atoms with E-state index in [9.17, 15) is 9.59 Å². The molecule has 0 radical (unpaired) electrons. The van der Waals surface area contributed by atoms with Crippen molar-refractivity contribution in [1.29, 1.82) is 0 Å². The fourth-order valence-electron chi connectivity index (χ4n) is 1.71. The summed E-state index contributed by atoms with van der Waals surface area (Å²) < 4.78 is 16.0. The molecular formula is C15H26O7. The van der Waals surface area contributed by atoms with Gasteiger partial charge < -0.3 is 14.2 Å². The molecule has 7 heteroatoms. The lowest BCUT2D eigenvalue weighted by Crippen LogP contribution is -2.36. The third-order valence-electron chi connectivity index (χ3n) is 3.15. The first-order chi connectivity index (χ1) is 9.95. The van der Waals surface area contributed by atoms with E-state index in [1.165, 1.54) is 0 Å². The molecule has 1 aliphatic rings. The molecule has 0 aromatic rings. The quantitative estimate of drug-likeness (QED) is 0.482. The zero-order valence-corrected chi connectivity index (χ0v) is 14.0. The van der Waals surface area contributed by atoms with Gasteiger partial charge in [-0.1, -0.05) is 0 Å². The van der Waals surface area contributed by atoms with Gasteiger partial charge in [-0.2, -0.15) is 0 Å². The maximum absolute atomic E-state index is 12.0. The molecule has 0 bridgehead atoms. The minimum Gasteiger partial charge on any atom is -0.462 e. The van der Waals surface area contributed by atoms with E-state index >= 15 is 0 Å². The third-order valence-corrected chi connectivity index (χ3v) is 3.15. The number of hydrogen-bond acceptors (Lipinski definition) is 7. The highest BCUT2D eigenvalue weighted by molar-refractivity contribution is 5.76. The molecule has 7 nitrogen and oxygen atoms in total. The van der Waals surface area contributed by atoms with Crippen molar-refractivity contribution in [3.05, 3.63) is 0 Å². The molecule has 1 N–H and O–H groups in total.